The van der Waals surface area contributed by atoms with E-state index in [-0.39, 0.29) is 5.91 Å². The summed E-state index contributed by atoms with van der Waals surface area (Å²) in [6.07, 6.45) is 2.62. The van der Waals surface area contributed by atoms with Gasteiger partial charge in [0.15, 0.2) is 0 Å². The second kappa shape index (κ2) is 8.17. The second-order valence-electron chi connectivity index (χ2n) is 8.17. The molecule has 1 atom stereocenters. The molecule has 0 bridgehead atoms. The molecule has 5 rings (SSSR count). The zero-order valence-corrected chi connectivity index (χ0v) is 17.6. The minimum Gasteiger partial charge on any atom is -0.383 e. The Hall–Kier alpha value is -3.16. The van der Waals surface area contributed by atoms with Crippen LogP contribution in [-0.2, 0) is 11.3 Å². The standard InChI is InChI=1S/C24H27N5O2/c1-31-13-11-25-23-24(27-14-17-6-2-4-8-20(17)28-23)10-12-29(16-24)22(30)19-15-26-21-9-5-3-7-18(19)21/h2-9,15,26-27H,10-14,16H2,1H3,(H,25,28)/t24-/m1/s1. The molecule has 0 aliphatic carbocycles. The van der Waals surface area contributed by atoms with Gasteiger partial charge >= 0.3 is 0 Å². The summed E-state index contributed by atoms with van der Waals surface area (Å²) >= 11 is 0. The summed E-state index contributed by atoms with van der Waals surface area (Å²) in [5, 5.41) is 8.24. The highest BCUT2D eigenvalue weighted by Crippen LogP contribution is 2.31. The largest absolute Gasteiger partial charge is 0.383 e. The minimum atomic E-state index is -0.408. The van der Waals surface area contributed by atoms with E-state index in [0.717, 1.165) is 41.0 Å². The van der Waals surface area contributed by atoms with Crippen LogP contribution >= 0.6 is 0 Å². The number of aliphatic imine (C=N–C) groups is 1. The third-order valence-electron chi connectivity index (χ3n) is 6.28. The maximum absolute atomic E-state index is 13.4. The van der Waals surface area contributed by atoms with Gasteiger partial charge in [-0.15, -0.1) is 0 Å². The lowest BCUT2D eigenvalue weighted by atomic mass is 9.96. The fourth-order valence-electron chi connectivity index (χ4n) is 4.57. The predicted molar refractivity (Wildman–Crippen MR) is 123 cm³/mol. The number of methoxy groups -OCH3 is 1. The molecule has 2 aliphatic heterocycles. The van der Waals surface area contributed by atoms with Gasteiger partial charge in [0.25, 0.3) is 5.91 Å². The highest BCUT2D eigenvalue weighted by Gasteiger charge is 2.45. The van der Waals surface area contributed by atoms with Crippen LogP contribution in [0, 0.1) is 0 Å². The number of H-pyrrole nitrogens is 1. The van der Waals surface area contributed by atoms with Crippen molar-refractivity contribution in [1.29, 1.82) is 0 Å². The number of likely N-dealkylation sites (tertiary alicyclic amines) is 1. The Bertz CT molecular complexity index is 1140. The Morgan fingerprint density at radius 1 is 1.19 bits per heavy atom. The Labute approximate surface area is 181 Å². The van der Waals surface area contributed by atoms with Gasteiger partial charge in [-0.1, -0.05) is 36.4 Å². The first-order chi connectivity index (χ1) is 15.2. The molecule has 31 heavy (non-hydrogen) atoms. The van der Waals surface area contributed by atoms with E-state index in [1.165, 1.54) is 5.56 Å². The summed E-state index contributed by atoms with van der Waals surface area (Å²) in [6, 6.07) is 16.2. The van der Waals surface area contributed by atoms with Crippen molar-refractivity contribution in [2.45, 2.75) is 18.5 Å². The first kappa shape index (κ1) is 19.8. The molecule has 0 unspecified atom stereocenters. The van der Waals surface area contributed by atoms with Gasteiger partial charge in [-0.2, -0.15) is 0 Å². The SMILES string of the molecule is COCCN=C1Nc2ccccc2CN[C@@]12CCN(C(=O)c1c[nH]c3ccccc13)C2. The molecule has 160 valence electrons. The molecule has 1 spiro atoms. The quantitative estimate of drug-likeness (QED) is 0.570. The van der Waals surface area contributed by atoms with Crippen molar-refractivity contribution in [1.82, 2.24) is 15.2 Å². The van der Waals surface area contributed by atoms with Crippen LogP contribution in [0.2, 0.25) is 0 Å². The van der Waals surface area contributed by atoms with Crippen molar-refractivity contribution in [2.24, 2.45) is 4.99 Å². The minimum absolute atomic E-state index is 0.0501. The molecule has 7 heteroatoms. The number of hydrogen-bond acceptors (Lipinski definition) is 4. The number of amides is 1. The van der Waals surface area contributed by atoms with E-state index in [2.05, 4.69) is 27.8 Å². The molecule has 0 radical (unpaired) electrons. The number of aromatic nitrogens is 1. The maximum atomic E-state index is 13.4. The second-order valence-corrected chi connectivity index (χ2v) is 8.17. The monoisotopic (exact) mass is 417 g/mol. The molecular formula is C24H27N5O2. The molecule has 1 fully saturated rings. The van der Waals surface area contributed by atoms with E-state index in [1.54, 1.807) is 7.11 Å². The Morgan fingerprint density at radius 2 is 2.03 bits per heavy atom. The summed E-state index contributed by atoms with van der Waals surface area (Å²) in [5.74, 6) is 0.929. The fraction of sp³-hybridized carbons (Fsp3) is 0.333. The lowest BCUT2D eigenvalue weighted by Crippen LogP contribution is -2.55. The molecule has 1 amide bonds. The lowest BCUT2D eigenvalue weighted by Gasteiger charge is -2.30. The number of hydrogen-bond donors (Lipinski definition) is 3. The molecule has 2 aromatic carbocycles. The van der Waals surface area contributed by atoms with Crippen molar-refractivity contribution < 1.29 is 9.53 Å². The number of benzene rings is 2. The van der Waals surface area contributed by atoms with Crippen molar-refractivity contribution in [2.75, 3.05) is 38.7 Å². The van der Waals surface area contributed by atoms with Gasteiger partial charge in [0.2, 0.25) is 0 Å². The van der Waals surface area contributed by atoms with Crippen LogP contribution in [0.5, 0.6) is 0 Å². The Morgan fingerprint density at radius 3 is 2.94 bits per heavy atom. The first-order valence-corrected chi connectivity index (χ1v) is 10.7. The van der Waals surface area contributed by atoms with Crippen LogP contribution in [0.3, 0.4) is 0 Å². The van der Waals surface area contributed by atoms with Crippen LogP contribution < -0.4 is 10.6 Å². The van der Waals surface area contributed by atoms with Gasteiger partial charge in [0.05, 0.1) is 24.3 Å². The highest BCUT2D eigenvalue weighted by atomic mass is 16.5. The molecule has 2 aliphatic rings. The zero-order valence-electron chi connectivity index (χ0n) is 17.6. The maximum Gasteiger partial charge on any atom is 0.256 e. The predicted octanol–water partition coefficient (Wildman–Crippen LogP) is 3.01. The van der Waals surface area contributed by atoms with E-state index < -0.39 is 5.54 Å². The van der Waals surface area contributed by atoms with Gasteiger partial charge < -0.3 is 19.9 Å². The van der Waals surface area contributed by atoms with E-state index in [4.69, 9.17) is 9.73 Å². The van der Waals surface area contributed by atoms with E-state index in [1.807, 2.05) is 47.5 Å². The van der Waals surface area contributed by atoms with Crippen molar-refractivity contribution >= 4 is 28.3 Å². The molecular weight excluding hydrogens is 390 g/mol. The van der Waals surface area contributed by atoms with Gasteiger partial charge in [-0.25, -0.2) is 0 Å². The summed E-state index contributed by atoms with van der Waals surface area (Å²) < 4.78 is 5.21. The fourth-order valence-corrected chi connectivity index (χ4v) is 4.57. The average molecular weight is 418 g/mol. The molecule has 0 saturated carbocycles. The van der Waals surface area contributed by atoms with Crippen LogP contribution in [0.1, 0.15) is 22.3 Å². The summed E-state index contributed by atoms with van der Waals surface area (Å²) in [4.78, 5) is 23.4. The number of nitrogens with one attached hydrogen (secondary N) is 3. The summed E-state index contributed by atoms with van der Waals surface area (Å²) in [5.41, 5.74) is 3.54. The third-order valence-corrected chi connectivity index (χ3v) is 6.28. The van der Waals surface area contributed by atoms with Crippen molar-refractivity contribution in [3.05, 3.63) is 65.9 Å². The number of aromatic amines is 1. The van der Waals surface area contributed by atoms with Crippen molar-refractivity contribution in [3.8, 4) is 0 Å². The molecule has 3 heterocycles. The number of carbonyl (C=O) groups is 1. The number of nitrogens with zero attached hydrogens (tertiary/aromatic N) is 2. The van der Waals surface area contributed by atoms with Crippen LogP contribution in [0.15, 0.2) is 59.7 Å². The van der Waals surface area contributed by atoms with E-state index in [9.17, 15) is 4.79 Å². The Kier molecular flexibility index (Phi) is 5.21. The normalized spacial score (nSPS) is 22.0. The van der Waals surface area contributed by atoms with Gasteiger partial charge in [0, 0.05) is 49.5 Å². The van der Waals surface area contributed by atoms with Gasteiger partial charge in [-0.05, 0) is 24.1 Å². The Balaban J connectivity index is 1.44. The molecule has 1 saturated heterocycles. The topological polar surface area (TPSA) is 81.8 Å². The lowest BCUT2D eigenvalue weighted by molar-refractivity contribution is 0.0788. The van der Waals surface area contributed by atoms with Gasteiger partial charge in [0.1, 0.15) is 5.84 Å². The van der Waals surface area contributed by atoms with Crippen LogP contribution in [-0.4, -0.2) is 60.5 Å². The van der Waals surface area contributed by atoms with Crippen LogP contribution in [0.4, 0.5) is 5.69 Å². The number of fused-ring (bicyclic) bond motifs is 2. The van der Waals surface area contributed by atoms with E-state index in [0.29, 0.717) is 26.2 Å². The van der Waals surface area contributed by atoms with E-state index >= 15 is 0 Å². The molecule has 7 nitrogen and oxygen atoms in total. The molecule has 1 aromatic heterocycles. The number of para-hydroxylation sites is 2. The van der Waals surface area contributed by atoms with Crippen LogP contribution in [0.25, 0.3) is 10.9 Å². The summed E-state index contributed by atoms with van der Waals surface area (Å²) in [7, 11) is 1.68. The third kappa shape index (κ3) is 3.60. The molecule has 3 aromatic rings. The number of ether oxygens (including phenoxy) is 1. The first-order valence-electron chi connectivity index (χ1n) is 10.7. The average Bonchev–Trinajstić information content (AvgIpc) is 3.39. The zero-order chi connectivity index (χ0) is 21.3. The molecule has 3 N–H and O–H groups in total. The number of anilines is 1. The summed E-state index contributed by atoms with van der Waals surface area (Å²) in [6.45, 7) is 3.09. The smallest absolute Gasteiger partial charge is 0.256 e. The van der Waals surface area contributed by atoms with Gasteiger partial charge in [-0.3, -0.25) is 15.1 Å². The number of rotatable bonds is 4. The number of carbonyl (C=O) groups excluding carboxylic acids is 1. The highest BCUT2D eigenvalue weighted by molar-refractivity contribution is 6.08. The number of amidine groups is 1. The van der Waals surface area contributed by atoms with Crippen molar-refractivity contribution in [3.63, 3.8) is 0 Å².